The Kier molecular flexibility index (Phi) is 4.88. The van der Waals surface area contributed by atoms with E-state index in [9.17, 15) is 18.0 Å². The second-order valence-corrected chi connectivity index (χ2v) is 7.56. The monoisotopic (exact) mass is 390 g/mol. The lowest BCUT2D eigenvalue weighted by molar-refractivity contribution is -0.125. The van der Waals surface area contributed by atoms with E-state index in [1.807, 2.05) is 0 Å². The lowest BCUT2D eigenvalue weighted by atomic mass is 10.2. The number of halogens is 1. The van der Waals surface area contributed by atoms with E-state index < -0.39 is 28.0 Å². The number of esters is 1. The van der Waals surface area contributed by atoms with E-state index in [0.29, 0.717) is 4.47 Å². The van der Waals surface area contributed by atoms with E-state index in [-0.39, 0.29) is 16.5 Å². The van der Waals surface area contributed by atoms with Crippen LogP contribution in [0.15, 0.2) is 27.6 Å². The van der Waals surface area contributed by atoms with Crippen molar-refractivity contribution < 1.29 is 22.7 Å². The van der Waals surface area contributed by atoms with Gasteiger partial charge in [-0.25, -0.2) is 17.9 Å². The molecule has 0 spiro atoms. The summed E-state index contributed by atoms with van der Waals surface area (Å²) in [6.07, 6.45) is 0.505. The zero-order chi connectivity index (χ0) is 16.5. The standard InChI is InChI=1S/C13H15BrN2O5S/c1-7(12(15)17)21-13(18)10-6-9(4-5-11(10)14)22(19,20)16-8-2-3-8/h4-8,16H,2-3H2,1H3,(H2,15,17)/t7-/m0/s1. The lowest BCUT2D eigenvalue weighted by Crippen LogP contribution is -2.30. The molecule has 1 aromatic rings. The van der Waals surface area contributed by atoms with Gasteiger partial charge in [-0.1, -0.05) is 0 Å². The number of rotatable bonds is 6. The molecule has 0 aromatic heterocycles. The van der Waals surface area contributed by atoms with Crippen molar-refractivity contribution in [2.75, 3.05) is 0 Å². The molecule has 7 nitrogen and oxygen atoms in total. The molecule has 0 saturated heterocycles. The maximum Gasteiger partial charge on any atom is 0.340 e. The minimum absolute atomic E-state index is 0.00627. The van der Waals surface area contributed by atoms with Crippen molar-refractivity contribution in [3.05, 3.63) is 28.2 Å². The van der Waals surface area contributed by atoms with Crippen molar-refractivity contribution >= 4 is 37.8 Å². The Hall–Kier alpha value is -1.45. The molecule has 1 aliphatic rings. The highest BCUT2D eigenvalue weighted by molar-refractivity contribution is 9.10. The lowest BCUT2D eigenvalue weighted by Gasteiger charge is -2.12. The third-order valence-electron chi connectivity index (χ3n) is 3.05. The van der Waals surface area contributed by atoms with E-state index in [1.54, 1.807) is 0 Å². The summed E-state index contributed by atoms with van der Waals surface area (Å²) in [6, 6.07) is 3.97. The number of ether oxygens (including phenoxy) is 1. The van der Waals surface area contributed by atoms with Crippen molar-refractivity contribution in [1.29, 1.82) is 0 Å². The average Bonchev–Trinajstić information content (AvgIpc) is 3.21. The van der Waals surface area contributed by atoms with Crippen molar-refractivity contribution in [1.82, 2.24) is 4.72 Å². The molecule has 0 aliphatic heterocycles. The maximum atomic E-state index is 12.1. The minimum atomic E-state index is -3.68. The summed E-state index contributed by atoms with van der Waals surface area (Å²) >= 11 is 3.16. The van der Waals surface area contributed by atoms with E-state index in [0.717, 1.165) is 12.8 Å². The van der Waals surface area contributed by atoms with Crippen LogP contribution in [0.2, 0.25) is 0 Å². The predicted molar refractivity (Wildman–Crippen MR) is 81.6 cm³/mol. The molecule has 1 atom stereocenters. The first-order valence-electron chi connectivity index (χ1n) is 6.53. The smallest absolute Gasteiger partial charge is 0.340 e. The second kappa shape index (κ2) is 6.35. The number of nitrogens with two attached hydrogens (primary N) is 1. The first kappa shape index (κ1) is 16.9. The molecule has 22 heavy (non-hydrogen) atoms. The fraction of sp³-hybridized carbons (Fsp3) is 0.385. The molecule has 9 heteroatoms. The number of benzene rings is 1. The molecule has 1 amide bonds. The summed E-state index contributed by atoms with van der Waals surface area (Å²) in [4.78, 5) is 22.9. The second-order valence-electron chi connectivity index (χ2n) is 4.99. The summed E-state index contributed by atoms with van der Waals surface area (Å²) in [7, 11) is -3.68. The topological polar surface area (TPSA) is 116 Å². The molecule has 1 aliphatic carbocycles. The van der Waals surface area contributed by atoms with E-state index in [2.05, 4.69) is 20.7 Å². The molecule has 0 radical (unpaired) electrons. The number of sulfonamides is 1. The normalized spacial score (nSPS) is 16.1. The van der Waals surface area contributed by atoms with Crippen LogP contribution in [-0.4, -0.2) is 32.4 Å². The van der Waals surface area contributed by atoms with Gasteiger partial charge in [-0.05, 0) is 53.9 Å². The van der Waals surface area contributed by atoms with Crippen LogP contribution in [0.5, 0.6) is 0 Å². The van der Waals surface area contributed by atoms with Gasteiger partial charge in [-0.3, -0.25) is 4.79 Å². The van der Waals surface area contributed by atoms with Gasteiger partial charge >= 0.3 is 5.97 Å². The number of carbonyl (C=O) groups excluding carboxylic acids is 2. The summed E-state index contributed by atoms with van der Waals surface area (Å²) in [6.45, 7) is 1.34. The van der Waals surface area contributed by atoms with Crippen LogP contribution in [0.25, 0.3) is 0 Å². The molecule has 0 bridgehead atoms. The third-order valence-corrected chi connectivity index (χ3v) is 5.26. The van der Waals surface area contributed by atoms with Crippen molar-refractivity contribution in [2.45, 2.75) is 36.8 Å². The Morgan fingerprint density at radius 1 is 1.41 bits per heavy atom. The Balaban J connectivity index is 2.26. The number of amides is 1. The van der Waals surface area contributed by atoms with Crippen molar-refractivity contribution in [3.63, 3.8) is 0 Å². The third kappa shape index (κ3) is 4.05. The Morgan fingerprint density at radius 2 is 2.05 bits per heavy atom. The van der Waals surface area contributed by atoms with Crippen LogP contribution in [-0.2, 0) is 19.6 Å². The van der Waals surface area contributed by atoms with Crippen LogP contribution < -0.4 is 10.5 Å². The van der Waals surface area contributed by atoms with Gasteiger partial charge < -0.3 is 10.5 Å². The highest BCUT2D eigenvalue weighted by Crippen LogP contribution is 2.25. The predicted octanol–water partition coefficient (Wildman–Crippen LogP) is 0.920. The highest BCUT2D eigenvalue weighted by atomic mass is 79.9. The largest absolute Gasteiger partial charge is 0.449 e. The van der Waals surface area contributed by atoms with Crippen LogP contribution in [0.4, 0.5) is 0 Å². The van der Waals surface area contributed by atoms with Crippen molar-refractivity contribution in [3.8, 4) is 0 Å². The minimum Gasteiger partial charge on any atom is -0.449 e. The molecule has 1 saturated carbocycles. The van der Waals surface area contributed by atoms with Gasteiger partial charge in [0.25, 0.3) is 5.91 Å². The fourth-order valence-corrected chi connectivity index (χ4v) is 3.34. The van der Waals surface area contributed by atoms with Gasteiger partial charge in [-0.15, -0.1) is 0 Å². The van der Waals surface area contributed by atoms with Gasteiger partial charge in [0.05, 0.1) is 10.5 Å². The van der Waals surface area contributed by atoms with Gasteiger partial charge in [0.15, 0.2) is 6.10 Å². The van der Waals surface area contributed by atoms with Crippen LogP contribution >= 0.6 is 15.9 Å². The molecule has 0 heterocycles. The Labute approximate surface area is 136 Å². The zero-order valence-corrected chi connectivity index (χ0v) is 14.1. The Bertz CT molecular complexity index is 715. The molecule has 1 fully saturated rings. The zero-order valence-electron chi connectivity index (χ0n) is 11.7. The van der Waals surface area contributed by atoms with E-state index in [4.69, 9.17) is 10.5 Å². The number of nitrogens with one attached hydrogen (secondary N) is 1. The maximum absolute atomic E-state index is 12.1. The molecular weight excluding hydrogens is 376 g/mol. The molecule has 3 N–H and O–H groups in total. The SMILES string of the molecule is C[C@H](OC(=O)c1cc(S(=O)(=O)NC2CC2)ccc1Br)C(N)=O. The summed E-state index contributed by atoms with van der Waals surface area (Å²) in [5.74, 6) is -1.62. The number of hydrogen-bond donors (Lipinski definition) is 2. The molecule has 0 unspecified atom stereocenters. The summed E-state index contributed by atoms with van der Waals surface area (Å²) < 4.78 is 32.1. The number of primary amides is 1. The average molecular weight is 391 g/mol. The van der Waals surface area contributed by atoms with Gasteiger partial charge in [0.2, 0.25) is 10.0 Å². The number of hydrogen-bond acceptors (Lipinski definition) is 5. The Morgan fingerprint density at radius 3 is 2.59 bits per heavy atom. The first-order chi connectivity index (χ1) is 10.2. The van der Waals surface area contributed by atoms with Gasteiger partial charge in [0, 0.05) is 10.5 Å². The molecular formula is C13H15BrN2O5S. The van der Waals surface area contributed by atoms with E-state index in [1.165, 1.54) is 25.1 Å². The molecule has 120 valence electrons. The van der Waals surface area contributed by atoms with Crippen LogP contribution in [0.3, 0.4) is 0 Å². The number of carbonyl (C=O) groups is 2. The quantitative estimate of drug-likeness (QED) is 0.700. The highest BCUT2D eigenvalue weighted by Gasteiger charge is 2.29. The van der Waals surface area contributed by atoms with Crippen LogP contribution in [0, 0.1) is 0 Å². The van der Waals surface area contributed by atoms with Crippen molar-refractivity contribution in [2.24, 2.45) is 5.73 Å². The molecule has 2 rings (SSSR count). The van der Waals surface area contributed by atoms with Crippen LogP contribution in [0.1, 0.15) is 30.1 Å². The fourth-order valence-electron chi connectivity index (χ4n) is 1.60. The summed E-state index contributed by atoms with van der Waals surface area (Å²) in [5, 5.41) is 0. The van der Waals surface area contributed by atoms with E-state index >= 15 is 0 Å². The van der Waals surface area contributed by atoms with Gasteiger partial charge in [-0.2, -0.15) is 0 Å². The molecule has 1 aromatic carbocycles. The summed E-state index contributed by atoms with van der Waals surface area (Å²) in [5.41, 5.74) is 5.03. The van der Waals surface area contributed by atoms with Gasteiger partial charge in [0.1, 0.15) is 0 Å². The first-order valence-corrected chi connectivity index (χ1v) is 8.80.